The van der Waals surface area contributed by atoms with Gasteiger partial charge in [0.15, 0.2) is 0 Å². The Morgan fingerprint density at radius 3 is 2.65 bits per heavy atom. The highest BCUT2D eigenvalue weighted by atomic mass is 16.5. The molecule has 1 fully saturated rings. The van der Waals surface area contributed by atoms with Gasteiger partial charge in [-0.3, -0.25) is 0 Å². The molecule has 0 aliphatic heterocycles. The molecule has 0 radical (unpaired) electrons. The van der Waals surface area contributed by atoms with Gasteiger partial charge in [0, 0.05) is 6.04 Å². The minimum Gasteiger partial charge on any atom is -0.445 e. The molecule has 20 heavy (non-hydrogen) atoms. The highest BCUT2D eigenvalue weighted by Crippen LogP contribution is 2.27. The molecule has 1 N–H and O–H groups in total. The van der Waals surface area contributed by atoms with E-state index in [9.17, 15) is 4.79 Å². The lowest BCUT2D eigenvalue weighted by atomic mass is 9.85. The summed E-state index contributed by atoms with van der Waals surface area (Å²) in [4.78, 5) is 11.7. The normalized spacial score (nSPS) is 17.4. The number of carbonyl (C=O) groups excluding carboxylic acids is 1. The molecule has 0 aromatic heterocycles. The highest BCUT2D eigenvalue weighted by Gasteiger charge is 2.17. The van der Waals surface area contributed by atoms with Crippen LogP contribution < -0.4 is 5.32 Å². The van der Waals surface area contributed by atoms with Crippen molar-refractivity contribution in [2.24, 2.45) is 5.92 Å². The molecule has 0 heterocycles. The summed E-state index contributed by atoms with van der Waals surface area (Å²) in [5.41, 5.74) is 1.02. The molecule has 3 nitrogen and oxygen atoms in total. The summed E-state index contributed by atoms with van der Waals surface area (Å²) in [6, 6.07) is 9.96. The first-order valence-electron chi connectivity index (χ1n) is 7.71. The minimum atomic E-state index is -0.308. The molecule has 110 valence electrons. The first-order chi connectivity index (χ1) is 9.74. The number of ether oxygens (including phenoxy) is 1. The smallest absolute Gasteiger partial charge is 0.407 e. The van der Waals surface area contributed by atoms with E-state index in [1.165, 1.54) is 32.1 Å². The van der Waals surface area contributed by atoms with E-state index in [1.54, 1.807) is 0 Å². The van der Waals surface area contributed by atoms with Crippen LogP contribution in [0.4, 0.5) is 4.79 Å². The molecule has 1 aliphatic rings. The summed E-state index contributed by atoms with van der Waals surface area (Å²) >= 11 is 0. The Morgan fingerprint density at radius 2 is 1.95 bits per heavy atom. The molecule has 3 heteroatoms. The predicted molar refractivity (Wildman–Crippen MR) is 80.4 cm³/mol. The van der Waals surface area contributed by atoms with Crippen molar-refractivity contribution in [3.63, 3.8) is 0 Å². The van der Waals surface area contributed by atoms with Gasteiger partial charge in [0.25, 0.3) is 0 Å². The zero-order chi connectivity index (χ0) is 14.2. The topological polar surface area (TPSA) is 38.3 Å². The number of rotatable bonds is 5. The second kappa shape index (κ2) is 7.93. The largest absolute Gasteiger partial charge is 0.445 e. The predicted octanol–water partition coefficient (Wildman–Crippen LogP) is 4.27. The molecule has 1 amide bonds. The van der Waals surface area contributed by atoms with Crippen molar-refractivity contribution in [2.75, 3.05) is 0 Å². The lowest BCUT2D eigenvalue weighted by Crippen LogP contribution is -2.34. The van der Waals surface area contributed by atoms with Gasteiger partial charge in [-0.05, 0) is 24.8 Å². The monoisotopic (exact) mass is 275 g/mol. The van der Waals surface area contributed by atoms with E-state index >= 15 is 0 Å². The van der Waals surface area contributed by atoms with Crippen LogP contribution in [0.5, 0.6) is 0 Å². The van der Waals surface area contributed by atoms with Gasteiger partial charge in [-0.1, -0.05) is 62.4 Å². The lowest BCUT2D eigenvalue weighted by Gasteiger charge is -2.24. The molecular weight excluding hydrogens is 250 g/mol. The minimum absolute atomic E-state index is 0.196. The van der Waals surface area contributed by atoms with Crippen LogP contribution >= 0.6 is 0 Å². The number of hydrogen-bond donors (Lipinski definition) is 1. The van der Waals surface area contributed by atoms with E-state index in [-0.39, 0.29) is 12.1 Å². The highest BCUT2D eigenvalue weighted by molar-refractivity contribution is 5.67. The van der Waals surface area contributed by atoms with E-state index in [4.69, 9.17) is 4.74 Å². The maximum Gasteiger partial charge on any atom is 0.407 e. The maximum absolute atomic E-state index is 11.7. The molecule has 2 rings (SSSR count). The molecule has 1 aliphatic carbocycles. The molecule has 1 atom stereocenters. The van der Waals surface area contributed by atoms with Crippen molar-refractivity contribution >= 4 is 6.09 Å². The second-order valence-corrected chi connectivity index (χ2v) is 5.85. The summed E-state index contributed by atoms with van der Waals surface area (Å²) in [6.07, 6.45) is 7.44. The Balaban J connectivity index is 1.65. The van der Waals surface area contributed by atoms with Gasteiger partial charge in [0.2, 0.25) is 0 Å². The zero-order valence-electron chi connectivity index (χ0n) is 12.3. The number of nitrogens with one attached hydrogen (secondary N) is 1. The molecule has 1 aromatic carbocycles. The molecular formula is C17H25NO2. The van der Waals surface area contributed by atoms with Crippen molar-refractivity contribution in [1.29, 1.82) is 0 Å². The van der Waals surface area contributed by atoms with Crippen LogP contribution in [0, 0.1) is 5.92 Å². The third kappa shape index (κ3) is 5.24. The van der Waals surface area contributed by atoms with Crippen LogP contribution in [0.15, 0.2) is 30.3 Å². The Kier molecular flexibility index (Phi) is 5.90. The standard InChI is InChI=1S/C17H25NO2/c1-14(12-15-8-4-2-5-9-15)18-17(19)20-13-16-10-6-3-7-11-16/h3,6-7,10-11,14-15H,2,4-5,8-9,12-13H2,1H3,(H,18,19). The van der Waals surface area contributed by atoms with Gasteiger partial charge < -0.3 is 10.1 Å². The van der Waals surface area contributed by atoms with Gasteiger partial charge in [-0.25, -0.2) is 4.79 Å². The van der Waals surface area contributed by atoms with E-state index in [0.717, 1.165) is 17.9 Å². The van der Waals surface area contributed by atoms with Crippen LogP contribution in [0.1, 0.15) is 51.0 Å². The Labute approximate surface area is 121 Å². The molecule has 0 saturated heterocycles. The van der Waals surface area contributed by atoms with E-state index in [1.807, 2.05) is 30.3 Å². The van der Waals surface area contributed by atoms with Crippen molar-refractivity contribution < 1.29 is 9.53 Å². The van der Waals surface area contributed by atoms with E-state index < -0.39 is 0 Å². The fourth-order valence-electron chi connectivity index (χ4n) is 2.95. The van der Waals surface area contributed by atoms with Crippen LogP contribution in [0.2, 0.25) is 0 Å². The quantitative estimate of drug-likeness (QED) is 0.871. The summed E-state index contributed by atoms with van der Waals surface area (Å²) < 4.78 is 5.24. The Bertz CT molecular complexity index is 399. The number of carbonyl (C=O) groups is 1. The van der Waals surface area contributed by atoms with Crippen LogP contribution in [-0.4, -0.2) is 12.1 Å². The van der Waals surface area contributed by atoms with E-state index in [0.29, 0.717) is 6.61 Å². The summed E-state index contributed by atoms with van der Waals surface area (Å²) in [7, 11) is 0. The van der Waals surface area contributed by atoms with Crippen molar-refractivity contribution in [2.45, 2.75) is 58.1 Å². The van der Waals surface area contributed by atoms with E-state index in [2.05, 4.69) is 12.2 Å². The average Bonchev–Trinajstić information content (AvgIpc) is 2.47. The van der Waals surface area contributed by atoms with Gasteiger partial charge in [-0.2, -0.15) is 0 Å². The van der Waals surface area contributed by atoms with Crippen molar-refractivity contribution in [3.8, 4) is 0 Å². The Hall–Kier alpha value is -1.51. The molecule has 1 aromatic rings. The summed E-state index contributed by atoms with van der Waals surface area (Å²) in [5, 5.41) is 2.94. The number of hydrogen-bond acceptors (Lipinski definition) is 2. The summed E-state index contributed by atoms with van der Waals surface area (Å²) in [5.74, 6) is 0.771. The molecule has 0 bridgehead atoms. The fourth-order valence-corrected chi connectivity index (χ4v) is 2.95. The van der Waals surface area contributed by atoms with Gasteiger partial charge in [0.05, 0.1) is 0 Å². The first-order valence-corrected chi connectivity index (χ1v) is 7.71. The molecule has 0 spiro atoms. The SMILES string of the molecule is CC(CC1CCCCC1)NC(=O)OCc1ccccc1. The number of amides is 1. The number of benzene rings is 1. The van der Waals surface area contributed by atoms with Gasteiger partial charge in [0.1, 0.15) is 6.61 Å². The molecule has 1 unspecified atom stereocenters. The van der Waals surface area contributed by atoms with Crippen molar-refractivity contribution in [3.05, 3.63) is 35.9 Å². The Morgan fingerprint density at radius 1 is 1.25 bits per heavy atom. The fraction of sp³-hybridized carbons (Fsp3) is 0.588. The zero-order valence-corrected chi connectivity index (χ0v) is 12.3. The van der Waals surface area contributed by atoms with Crippen molar-refractivity contribution in [1.82, 2.24) is 5.32 Å². The third-order valence-corrected chi connectivity index (χ3v) is 3.99. The van der Waals surface area contributed by atoms with Crippen LogP contribution in [0.25, 0.3) is 0 Å². The first kappa shape index (κ1) is 14.9. The third-order valence-electron chi connectivity index (χ3n) is 3.99. The summed E-state index contributed by atoms with van der Waals surface area (Å²) in [6.45, 7) is 2.40. The maximum atomic E-state index is 11.7. The van der Waals surface area contributed by atoms with Gasteiger partial charge >= 0.3 is 6.09 Å². The van der Waals surface area contributed by atoms with Gasteiger partial charge in [-0.15, -0.1) is 0 Å². The lowest BCUT2D eigenvalue weighted by molar-refractivity contribution is 0.134. The number of alkyl carbamates (subject to hydrolysis) is 1. The second-order valence-electron chi connectivity index (χ2n) is 5.85. The average molecular weight is 275 g/mol. The van der Waals surface area contributed by atoms with Crippen LogP contribution in [0.3, 0.4) is 0 Å². The molecule has 1 saturated carbocycles. The van der Waals surface area contributed by atoms with Crippen LogP contribution in [-0.2, 0) is 11.3 Å².